The topological polar surface area (TPSA) is 247 Å². The van der Waals surface area contributed by atoms with E-state index in [1.165, 1.54) is 6.07 Å². The minimum atomic E-state index is -1.36. The summed E-state index contributed by atoms with van der Waals surface area (Å²) in [7, 11) is 0. The van der Waals surface area contributed by atoms with Crippen molar-refractivity contribution in [2.45, 2.75) is 99.6 Å². The van der Waals surface area contributed by atoms with E-state index in [0.717, 1.165) is 43.4 Å². The van der Waals surface area contributed by atoms with Crippen LogP contribution in [0.2, 0.25) is 10.0 Å². The van der Waals surface area contributed by atoms with Crippen LogP contribution < -0.4 is 32.3 Å². The number of carbonyl (C=O) groups excluding carboxylic acids is 6. The summed E-state index contributed by atoms with van der Waals surface area (Å²) in [6.45, 7) is 9.18. The number of amides is 6. The molecule has 2 spiro atoms. The fourth-order valence-corrected chi connectivity index (χ4v) is 12.6. The van der Waals surface area contributed by atoms with E-state index in [4.69, 9.17) is 57.4 Å². The lowest BCUT2D eigenvalue weighted by molar-refractivity contribution is -0.125. The highest BCUT2D eigenvalue weighted by Gasteiger charge is 2.72. The fourth-order valence-electron chi connectivity index (χ4n) is 12.3. The summed E-state index contributed by atoms with van der Waals surface area (Å²) in [5, 5.41) is 15.4. The Kier molecular flexibility index (Phi) is 21.0. The zero-order valence-electron chi connectivity index (χ0n) is 46.4. The summed E-state index contributed by atoms with van der Waals surface area (Å²) in [6, 6.07) is 17.7. The van der Waals surface area contributed by atoms with Crippen molar-refractivity contribution in [1.29, 1.82) is 0 Å². The first-order valence-corrected chi connectivity index (χ1v) is 29.3. The molecule has 444 valence electrons. The summed E-state index contributed by atoms with van der Waals surface area (Å²) in [5.41, 5.74) is 8.08. The van der Waals surface area contributed by atoms with Gasteiger partial charge in [-0.05, 0) is 117 Å². The highest BCUT2D eigenvalue weighted by molar-refractivity contribution is 6.31. The van der Waals surface area contributed by atoms with Gasteiger partial charge in [-0.15, -0.1) is 0 Å². The van der Waals surface area contributed by atoms with Gasteiger partial charge in [-0.3, -0.25) is 39.0 Å². The molecular formula is C61H72Cl2FN7O12. The largest absolute Gasteiger partial charge is 0.398 e. The SMILES string of the molecule is C=C1CCC(N2C(=O)c3ccc(CCOCCOCCOCCCCCOCCOCCOCCNC(=O)c4ccc(NC(=O)[C@@H]5NC6(CCCCC6)[C@@]6(C(=O)Nc7cc(Cl)ccc76)[C@H]5c5cccc(Cl)c5F)cc4)c(N)c3C2=O)C(=O)N1. The van der Waals surface area contributed by atoms with Gasteiger partial charge in [0.1, 0.15) is 17.3 Å². The lowest BCUT2D eigenvalue weighted by Gasteiger charge is -2.47. The Hall–Kier alpha value is -6.33. The van der Waals surface area contributed by atoms with Crippen molar-refractivity contribution in [3.8, 4) is 0 Å². The molecule has 1 unspecified atom stereocenters. The van der Waals surface area contributed by atoms with E-state index in [0.29, 0.717) is 144 Å². The average Bonchev–Trinajstić information content (AvgIpc) is 1.55. The van der Waals surface area contributed by atoms with E-state index in [9.17, 15) is 28.8 Å². The van der Waals surface area contributed by atoms with Crippen LogP contribution in [-0.2, 0) is 54.6 Å². The van der Waals surface area contributed by atoms with Crippen LogP contribution in [0.5, 0.6) is 0 Å². The maximum absolute atomic E-state index is 16.3. The van der Waals surface area contributed by atoms with Crippen molar-refractivity contribution in [3.63, 3.8) is 0 Å². The molecule has 6 amide bonds. The molecule has 4 heterocycles. The van der Waals surface area contributed by atoms with Gasteiger partial charge in [-0.1, -0.05) is 73.3 Å². The zero-order valence-corrected chi connectivity index (χ0v) is 47.9. The smallest absolute Gasteiger partial charge is 0.264 e. The minimum absolute atomic E-state index is 0.109. The number of anilines is 3. The quantitative estimate of drug-likeness (QED) is 0.0174. The molecule has 83 heavy (non-hydrogen) atoms. The Balaban J connectivity index is 0.581. The second-order valence-electron chi connectivity index (χ2n) is 21.3. The zero-order chi connectivity index (χ0) is 58.5. The highest BCUT2D eigenvalue weighted by Crippen LogP contribution is 2.63. The number of nitrogens with zero attached hydrogens (tertiary/aromatic N) is 1. The first kappa shape index (κ1) is 61.2. The Labute approximate surface area is 492 Å². The Morgan fingerprint density at radius 1 is 0.747 bits per heavy atom. The predicted molar refractivity (Wildman–Crippen MR) is 310 cm³/mol. The van der Waals surface area contributed by atoms with Crippen LogP contribution in [0.3, 0.4) is 0 Å². The van der Waals surface area contributed by atoms with Crippen LogP contribution in [0.15, 0.2) is 85.1 Å². The summed E-state index contributed by atoms with van der Waals surface area (Å²) in [4.78, 5) is 82.0. The number of nitrogen functional groups attached to an aromatic ring is 1. The average molecular weight is 1190 g/mol. The molecule has 2 saturated heterocycles. The van der Waals surface area contributed by atoms with Crippen LogP contribution in [-0.4, -0.2) is 144 Å². The van der Waals surface area contributed by atoms with Crippen molar-refractivity contribution in [2.75, 3.05) is 102 Å². The van der Waals surface area contributed by atoms with Crippen molar-refractivity contribution in [2.24, 2.45) is 0 Å². The molecule has 22 heteroatoms. The van der Waals surface area contributed by atoms with E-state index >= 15 is 4.39 Å². The van der Waals surface area contributed by atoms with Gasteiger partial charge in [0.2, 0.25) is 17.7 Å². The molecule has 3 fully saturated rings. The number of allylic oxidation sites excluding steroid dienone is 1. The lowest BCUT2D eigenvalue weighted by Crippen LogP contribution is -2.60. The number of hydrogen-bond donors (Lipinski definition) is 6. The van der Waals surface area contributed by atoms with Crippen molar-refractivity contribution in [3.05, 3.63) is 134 Å². The third-order valence-corrected chi connectivity index (χ3v) is 16.7. The van der Waals surface area contributed by atoms with Gasteiger partial charge in [-0.2, -0.15) is 0 Å². The number of unbranched alkanes of at least 4 members (excludes halogenated alkanes) is 2. The number of nitrogens with one attached hydrogen (secondary N) is 5. The number of hydrogen-bond acceptors (Lipinski definition) is 14. The first-order chi connectivity index (χ1) is 40.3. The van der Waals surface area contributed by atoms with Gasteiger partial charge in [0, 0.05) is 64.6 Å². The third kappa shape index (κ3) is 13.6. The van der Waals surface area contributed by atoms with E-state index < -0.39 is 58.4 Å². The molecule has 4 aliphatic heterocycles. The molecule has 5 aliphatic rings. The van der Waals surface area contributed by atoms with E-state index in [2.05, 4.69) is 33.2 Å². The van der Waals surface area contributed by atoms with Gasteiger partial charge in [0.25, 0.3) is 17.7 Å². The number of ether oxygens (including phenoxy) is 6. The molecule has 4 aromatic carbocycles. The molecule has 0 aromatic heterocycles. The number of nitrogens with two attached hydrogens (primary N) is 1. The summed E-state index contributed by atoms with van der Waals surface area (Å²) < 4.78 is 50.2. The molecule has 7 N–H and O–H groups in total. The summed E-state index contributed by atoms with van der Waals surface area (Å²) in [6.07, 6.45) is 7.78. The molecule has 9 rings (SSSR count). The molecule has 4 atom stereocenters. The molecule has 1 saturated carbocycles. The number of fused-ring (bicyclic) bond motifs is 4. The summed E-state index contributed by atoms with van der Waals surface area (Å²) >= 11 is 12.8. The Morgan fingerprint density at radius 2 is 1.40 bits per heavy atom. The van der Waals surface area contributed by atoms with E-state index in [1.54, 1.807) is 60.7 Å². The van der Waals surface area contributed by atoms with Crippen molar-refractivity contribution in [1.82, 2.24) is 20.9 Å². The maximum atomic E-state index is 16.3. The van der Waals surface area contributed by atoms with Crippen LogP contribution in [0, 0.1) is 5.82 Å². The molecular weight excluding hydrogens is 1110 g/mol. The molecule has 4 aromatic rings. The van der Waals surface area contributed by atoms with Gasteiger partial charge in [0.05, 0.1) is 88.3 Å². The summed E-state index contributed by atoms with van der Waals surface area (Å²) in [5.74, 6) is -4.27. The molecule has 0 bridgehead atoms. The molecule has 1 aliphatic carbocycles. The van der Waals surface area contributed by atoms with Crippen LogP contribution in [0.25, 0.3) is 0 Å². The van der Waals surface area contributed by atoms with Gasteiger partial charge >= 0.3 is 0 Å². The first-order valence-electron chi connectivity index (χ1n) is 28.5. The number of rotatable bonds is 29. The van der Waals surface area contributed by atoms with Crippen LogP contribution >= 0.6 is 23.2 Å². The molecule has 19 nitrogen and oxygen atoms in total. The second-order valence-corrected chi connectivity index (χ2v) is 22.2. The number of carbonyl (C=O) groups is 6. The van der Waals surface area contributed by atoms with Gasteiger partial charge in [-0.25, -0.2) is 4.39 Å². The van der Waals surface area contributed by atoms with Crippen LogP contribution in [0.1, 0.15) is 118 Å². The third-order valence-electron chi connectivity index (χ3n) is 16.2. The highest BCUT2D eigenvalue weighted by atomic mass is 35.5. The molecule has 0 radical (unpaired) electrons. The predicted octanol–water partition coefficient (Wildman–Crippen LogP) is 7.63. The number of imide groups is 1. The normalized spacial score (nSPS) is 20.7. The van der Waals surface area contributed by atoms with Gasteiger partial charge in [0.15, 0.2) is 0 Å². The number of piperidine rings is 1. The van der Waals surface area contributed by atoms with Gasteiger partial charge < -0.3 is 55.4 Å². The fraction of sp³-hybridized carbons (Fsp3) is 0.475. The Bertz CT molecular complexity index is 3040. The lowest BCUT2D eigenvalue weighted by atomic mass is 9.55. The van der Waals surface area contributed by atoms with E-state index in [-0.39, 0.29) is 52.4 Å². The number of benzene rings is 4. The minimum Gasteiger partial charge on any atom is -0.398 e. The maximum Gasteiger partial charge on any atom is 0.264 e. The van der Waals surface area contributed by atoms with Crippen molar-refractivity contribution >= 4 is 75.7 Å². The monoisotopic (exact) mass is 1180 g/mol. The second kappa shape index (κ2) is 28.5. The Morgan fingerprint density at radius 3 is 2.07 bits per heavy atom. The van der Waals surface area contributed by atoms with Crippen LogP contribution in [0.4, 0.5) is 21.5 Å². The number of halogens is 3. The standard InChI is InChI=1S/C61H72Cl2FN7O12/c1-38-11-20-48(55(73)67-38)71-57(75)43-18-14-39(52(65)49(43)58(71)76)21-27-80-31-35-82-33-29-78-25-6-3-7-26-79-30-34-83-36-32-81-28-24-66-54(72)40-12-16-42(17-13-40)68-56(74)53-50(44-9-8-10-46(63)51(44)64)61(60(70-53)22-4-2-5-23-60)45-19-15-41(62)37-47(45)69-59(61)77/h8-10,12-19,37,48,50,53,70H,1-7,11,20-36,65H2,(H,66,72)(H,67,73)(H,68,74)(H,69,77)/t48?,50-,53+,61+/m0/s1. The van der Waals surface area contributed by atoms with Crippen molar-refractivity contribution < 1.29 is 61.6 Å². The van der Waals surface area contributed by atoms with E-state index in [1.807, 2.05) is 6.07 Å².